The fraction of sp³-hybridized carbons (Fsp3) is 0.455. The van der Waals surface area contributed by atoms with Crippen LogP contribution in [0.25, 0.3) is 0 Å². The second kappa shape index (κ2) is 3.87. The molecule has 0 aliphatic carbocycles. The lowest BCUT2D eigenvalue weighted by Gasteiger charge is -2.33. The van der Waals surface area contributed by atoms with Crippen molar-refractivity contribution in [3.8, 4) is 0 Å². The molecule has 2 rings (SSSR count). The summed E-state index contributed by atoms with van der Waals surface area (Å²) >= 11 is 0. The Morgan fingerprint density at radius 1 is 1.27 bits per heavy atom. The third kappa shape index (κ3) is 2.52. The quantitative estimate of drug-likeness (QED) is 0.550. The summed E-state index contributed by atoms with van der Waals surface area (Å²) in [6.45, 7) is 5.68. The number of hydrogen-bond acceptors (Lipinski definition) is 3. The third-order valence-corrected chi connectivity index (χ3v) is 2.43. The number of benzene rings is 1. The molecule has 1 aromatic carbocycles. The first-order chi connectivity index (χ1) is 7.07. The summed E-state index contributed by atoms with van der Waals surface area (Å²) in [5.74, 6) is 0. The Labute approximate surface area is 90.7 Å². The topological polar surface area (TPSA) is 44.5 Å². The Balaban J connectivity index is 2.08. The van der Waals surface area contributed by atoms with E-state index in [4.69, 9.17) is 15.0 Å². The lowest BCUT2D eigenvalue weighted by molar-refractivity contribution is 0.0343. The molecule has 4 heteroatoms. The molecule has 2 N–H and O–H groups in total. The van der Waals surface area contributed by atoms with Gasteiger partial charge >= 0.3 is 7.12 Å². The van der Waals surface area contributed by atoms with Gasteiger partial charge in [0.2, 0.25) is 0 Å². The van der Waals surface area contributed by atoms with Gasteiger partial charge in [-0.2, -0.15) is 0 Å². The highest BCUT2D eigenvalue weighted by atomic mass is 16.6. The van der Waals surface area contributed by atoms with Gasteiger partial charge in [0.05, 0.1) is 0 Å². The van der Waals surface area contributed by atoms with E-state index >= 15 is 0 Å². The maximum Gasteiger partial charge on any atom is 0.493 e. The van der Waals surface area contributed by atoms with Gasteiger partial charge in [0, 0.05) is 24.3 Å². The SMILES string of the molecule is CC1(C)COB(c2cccc(N)c2)OC1. The minimum atomic E-state index is -0.262. The predicted octanol–water partition coefficient (Wildman–Crippen LogP) is 1.04. The van der Waals surface area contributed by atoms with Gasteiger partial charge < -0.3 is 15.0 Å². The molecule has 0 atom stereocenters. The Kier molecular flexibility index (Phi) is 2.71. The molecule has 0 bridgehead atoms. The summed E-state index contributed by atoms with van der Waals surface area (Å²) in [5.41, 5.74) is 7.55. The minimum absolute atomic E-state index is 0.108. The van der Waals surface area contributed by atoms with E-state index in [9.17, 15) is 0 Å². The molecule has 0 unspecified atom stereocenters. The Morgan fingerprint density at radius 2 is 1.93 bits per heavy atom. The van der Waals surface area contributed by atoms with Crippen molar-refractivity contribution < 1.29 is 9.31 Å². The van der Waals surface area contributed by atoms with Crippen molar-refractivity contribution in [3.63, 3.8) is 0 Å². The lowest BCUT2D eigenvalue weighted by atomic mass is 9.76. The van der Waals surface area contributed by atoms with Crippen LogP contribution in [0.15, 0.2) is 24.3 Å². The highest BCUT2D eigenvalue weighted by Gasteiger charge is 2.33. The van der Waals surface area contributed by atoms with Gasteiger partial charge in [-0.15, -0.1) is 0 Å². The molecule has 1 fully saturated rings. The Hall–Kier alpha value is -0.995. The average Bonchev–Trinajstić information content (AvgIpc) is 2.17. The zero-order valence-corrected chi connectivity index (χ0v) is 9.19. The van der Waals surface area contributed by atoms with E-state index in [1.165, 1.54) is 0 Å². The molecule has 1 saturated heterocycles. The van der Waals surface area contributed by atoms with E-state index in [0.717, 1.165) is 11.2 Å². The predicted molar refractivity (Wildman–Crippen MR) is 61.9 cm³/mol. The van der Waals surface area contributed by atoms with Crippen molar-refractivity contribution in [2.45, 2.75) is 13.8 Å². The molecule has 1 heterocycles. The van der Waals surface area contributed by atoms with E-state index in [-0.39, 0.29) is 12.5 Å². The van der Waals surface area contributed by atoms with Crippen LogP contribution in [-0.4, -0.2) is 20.3 Å². The zero-order valence-electron chi connectivity index (χ0n) is 9.19. The van der Waals surface area contributed by atoms with Gasteiger partial charge in [0.15, 0.2) is 0 Å². The summed E-state index contributed by atoms with van der Waals surface area (Å²) in [6, 6.07) is 7.63. The van der Waals surface area contributed by atoms with Crippen molar-refractivity contribution in [3.05, 3.63) is 24.3 Å². The molecule has 15 heavy (non-hydrogen) atoms. The second-order valence-corrected chi connectivity index (χ2v) is 4.79. The van der Waals surface area contributed by atoms with Crippen LogP contribution in [0.1, 0.15) is 13.8 Å². The van der Waals surface area contributed by atoms with E-state index in [0.29, 0.717) is 13.2 Å². The summed E-state index contributed by atoms with van der Waals surface area (Å²) in [7, 11) is -0.262. The standard InChI is InChI=1S/C11H16BNO2/c1-11(2)7-14-12(15-8-11)9-4-3-5-10(13)6-9/h3-6H,7-8,13H2,1-2H3. The smallest absolute Gasteiger partial charge is 0.407 e. The number of anilines is 1. The van der Waals surface area contributed by atoms with Crippen LogP contribution in [0.4, 0.5) is 5.69 Å². The number of hydrogen-bond donors (Lipinski definition) is 1. The maximum absolute atomic E-state index is 5.71. The Morgan fingerprint density at radius 3 is 2.53 bits per heavy atom. The van der Waals surface area contributed by atoms with Crippen LogP contribution in [0.2, 0.25) is 0 Å². The van der Waals surface area contributed by atoms with Crippen LogP contribution in [0, 0.1) is 5.41 Å². The van der Waals surface area contributed by atoms with E-state index in [1.807, 2.05) is 24.3 Å². The average molecular weight is 205 g/mol. The molecule has 0 saturated carbocycles. The fourth-order valence-electron chi connectivity index (χ4n) is 1.59. The molecule has 0 amide bonds. The Bertz CT molecular complexity index is 344. The first kappa shape index (κ1) is 10.5. The molecule has 1 aromatic rings. The highest BCUT2D eigenvalue weighted by Crippen LogP contribution is 2.21. The summed E-state index contributed by atoms with van der Waals surface area (Å²) in [4.78, 5) is 0. The van der Waals surface area contributed by atoms with Gasteiger partial charge in [-0.3, -0.25) is 0 Å². The lowest BCUT2D eigenvalue weighted by Crippen LogP contribution is -2.47. The number of rotatable bonds is 1. The minimum Gasteiger partial charge on any atom is -0.407 e. The van der Waals surface area contributed by atoms with Crippen molar-refractivity contribution in [1.29, 1.82) is 0 Å². The van der Waals surface area contributed by atoms with Crippen molar-refractivity contribution in [1.82, 2.24) is 0 Å². The second-order valence-electron chi connectivity index (χ2n) is 4.79. The summed E-state index contributed by atoms with van der Waals surface area (Å²) in [6.07, 6.45) is 0. The van der Waals surface area contributed by atoms with Crippen molar-refractivity contribution in [2.24, 2.45) is 5.41 Å². The third-order valence-electron chi connectivity index (χ3n) is 2.43. The van der Waals surface area contributed by atoms with Crippen LogP contribution in [-0.2, 0) is 9.31 Å². The van der Waals surface area contributed by atoms with E-state index in [1.54, 1.807) is 0 Å². The molecule has 0 radical (unpaired) electrons. The largest absolute Gasteiger partial charge is 0.493 e. The molecule has 0 spiro atoms. The molecule has 0 aromatic heterocycles. The van der Waals surface area contributed by atoms with Crippen LogP contribution < -0.4 is 11.2 Å². The monoisotopic (exact) mass is 205 g/mol. The number of nitrogens with two attached hydrogens (primary N) is 1. The molecular weight excluding hydrogens is 189 g/mol. The molecule has 1 aliphatic rings. The van der Waals surface area contributed by atoms with Gasteiger partial charge in [0.1, 0.15) is 0 Å². The first-order valence-corrected chi connectivity index (χ1v) is 5.15. The molecule has 80 valence electrons. The van der Waals surface area contributed by atoms with Crippen molar-refractivity contribution >= 4 is 18.3 Å². The normalized spacial score (nSPS) is 20.3. The molecule has 3 nitrogen and oxygen atoms in total. The highest BCUT2D eigenvalue weighted by molar-refractivity contribution is 6.61. The summed E-state index contributed by atoms with van der Waals surface area (Å²) in [5, 5.41) is 0. The van der Waals surface area contributed by atoms with Crippen molar-refractivity contribution in [2.75, 3.05) is 18.9 Å². The van der Waals surface area contributed by atoms with E-state index in [2.05, 4.69) is 13.8 Å². The zero-order chi connectivity index (χ0) is 10.9. The van der Waals surface area contributed by atoms with E-state index < -0.39 is 0 Å². The molecular formula is C11H16BNO2. The van der Waals surface area contributed by atoms with Crippen LogP contribution in [0.5, 0.6) is 0 Å². The van der Waals surface area contributed by atoms with Gasteiger partial charge in [0.25, 0.3) is 0 Å². The van der Waals surface area contributed by atoms with Gasteiger partial charge in [-0.1, -0.05) is 26.0 Å². The van der Waals surface area contributed by atoms with Gasteiger partial charge in [-0.05, 0) is 17.6 Å². The maximum atomic E-state index is 5.71. The summed E-state index contributed by atoms with van der Waals surface area (Å²) < 4.78 is 11.3. The first-order valence-electron chi connectivity index (χ1n) is 5.15. The van der Waals surface area contributed by atoms with Crippen LogP contribution in [0.3, 0.4) is 0 Å². The fourth-order valence-corrected chi connectivity index (χ4v) is 1.59. The van der Waals surface area contributed by atoms with Crippen LogP contribution >= 0.6 is 0 Å². The number of nitrogen functional groups attached to an aromatic ring is 1. The molecule has 1 aliphatic heterocycles. The van der Waals surface area contributed by atoms with Gasteiger partial charge in [-0.25, -0.2) is 0 Å².